The SMILES string of the molecule is Cc1cc(OCC2(O)CCS(O)(O)CC2)cc(C)c1-c1cccc(COc2ccc3c(c2)OC[C@H]3CC(=O)O)c1. The predicted molar refractivity (Wildman–Crippen MR) is 155 cm³/mol. The number of aliphatic hydroxyl groups is 1. The van der Waals surface area contributed by atoms with Gasteiger partial charge in [0.1, 0.15) is 36.1 Å². The number of aliphatic carboxylic acids is 1. The lowest BCUT2D eigenvalue weighted by Crippen LogP contribution is -2.42. The molecule has 4 N–H and O–H groups in total. The molecule has 1 fully saturated rings. The molecule has 2 aliphatic heterocycles. The third-order valence-corrected chi connectivity index (χ3v) is 9.43. The standard InChI is InChI=1S/C31H36O8S/c1-20-12-26(39-19-31(34)8-10-40(35,36)11-9-31)13-21(2)30(20)23-5-3-4-22(14-23)17-37-25-6-7-27-24(15-29(32)33)18-38-28(27)16-25/h3-7,12-14,16,24,34-36H,8-11,15,17-19H2,1-2H3,(H,32,33)/t24-/m1/s1. The molecule has 0 unspecified atom stereocenters. The van der Waals surface area contributed by atoms with E-state index in [1.807, 2.05) is 56.3 Å². The van der Waals surface area contributed by atoms with E-state index < -0.39 is 22.2 Å². The fraction of sp³-hybridized carbons (Fsp3) is 0.387. The van der Waals surface area contributed by atoms with Crippen LogP contribution in [0.4, 0.5) is 0 Å². The molecule has 3 aromatic rings. The summed E-state index contributed by atoms with van der Waals surface area (Å²) < 4.78 is 37.4. The van der Waals surface area contributed by atoms with Gasteiger partial charge < -0.3 is 24.4 Å². The van der Waals surface area contributed by atoms with Crippen LogP contribution in [0.25, 0.3) is 11.1 Å². The Balaban J connectivity index is 1.24. The van der Waals surface area contributed by atoms with Crippen molar-refractivity contribution in [1.82, 2.24) is 0 Å². The molecule has 0 aromatic heterocycles. The van der Waals surface area contributed by atoms with E-state index in [2.05, 4.69) is 12.1 Å². The third-order valence-electron chi connectivity index (χ3n) is 7.71. The van der Waals surface area contributed by atoms with Gasteiger partial charge in [-0.15, -0.1) is 0 Å². The predicted octanol–water partition coefficient (Wildman–Crippen LogP) is 6.15. The Kier molecular flexibility index (Phi) is 8.01. The van der Waals surface area contributed by atoms with E-state index in [4.69, 9.17) is 19.3 Å². The van der Waals surface area contributed by atoms with Crippen LogP contribution in [0.5, 0.6) is 17.2 Å². The van der Waals surface area contributed by atoms with Crippen molar-refractivity contribution in [2.45, 2.75) is 51.2 Å². The zero-order chi connectivity index (χ0) is 28.5. The Labute approximate surface area is 235 Å². The number of fused-ring (bicyclic) bond motifs is 1. The molecule has 0 aliphatic carbocycles. The van der Waals surface area contributed by atoms with Crippen molar-refractivity contribution < 1.29 is 38.3 Å². The summed E-state index contributed by atoms with van der Waals surface area (Å²) in [5.74, 6) is 1.46. The van der Waals surface area contributed by atoms with Crippen molar-refractivity contribution in [2.75, 3.05) is 24.7 Å². The van der Waals surface area contributed by atoms with Crippen LogP contribution in [-0.2, 0) is 11.4 Å². The van der Waals surface area contributed by atoms with Gasteiger partial charge in [-0.2, -0.15) is 10.6 Å². The number of carboxylic acid groups (broad SMARTS) is 1. The lowest BCUT2D eigenvalue weighted by atomic mass is 9.94. The Hall–Kier alpha value is -3.24. The summed E-state index contributed by atoms with van der Waals surface area (Å²) in [5.41, 5.74) is 5.12. The summed E-state index contributed by atoms with van der Waals surface area (Å²) in [6.45, 7) is 4.91. The fourth-order valence-electron chi connectivity index (χ4n) is 5.47. The second kappa shape index (κ2) is 11.3. The highest BCUT2D eigenvalue weighted by Crippen LogP contribution is 2.47. The molecule has 8 nitrogen and oxygen atoms in total. The average molecular weight is 569 g/mol. The first-order chi connectivity index (χ1) is 19.0. The van der Waals surface area contributed by atoms with Crippen LogP contribution in [0.3, 0.4) is 0 Å². The van der Waals surface area contributed by atoms with Crippen LogP contribution < -0.4 is 14.2 Å². The Morgan fingerprint density at radius 1 is 1.00 bits per heavy atom. The van der Waals surface area contributed by atoms with Gasteiger partial charge in [0.15, 0.2) is 0 Å². The maximum Gasteiger partial charge on any atom is 0.304 e. The summed E-state index contributed by atoms with van der Waals surface area (Å²) in [6, 6.07) is 17.7. The first-order valence-electron chi connectivity index (χ1n) is 13.4. The van der Waals surface area contributed by atoms with Gasteiger partial charge in [0, 0.05) is 29.1 Å². The van der Waals surface area contributed by atoms with Crippen LogP contribution in [0.2, 0.25) is 0 Å². The minimum absolute atomic E-state index is 0.0464. The number of carbonyl (C=O) groups is 1. The molecule has 0 amide bonds. The normalized spacial score (nSPS) is 19.8. The van der Waals surface area contributed by atoms with Gasteiger partial charge >= 0.3 is 5.97 Å². The largest absolute Gasteiger partial charge is 0.492 e. The van der Waals surface area contributed by atoms with Crippen LogP contribution >= 0.6 is 10.6 Å². The molecule has 214 valence electrons. The molecule has 0 radical (unpaired) electrons. The minimum atomic E-state index is -2.57. The number of benzene rings is 3. The first kappa shape index (κ1) is 28.3. The van der Waals surface area contributed by atoms with E-state index in [0.717, 1.165) is 33.4 Å². The first-order valence-corrected chi connectivity index (χ1v) is 15.3. The number of rotatable bonds is 9. The molecule has 0 bridgehead atoms. The van der Waals surface area contributed by atoms with Crippen molar-refractivity contribution in [3.05, 3.63) is 76.9 Å². The average Bonchev–Trinajstić information content (AvgIpc) is 3.29. The summed E-state index contributed by atoms with van der Waals surface area (Å²) in [4.78, 5) is 11.1. The van der Waals surface area contributed by atoms with E-state index >= 15 is 0 Å². The van der Waals surface area contributed by atoms with E-state index in [0.29, 0.717) is 43.3 Å². The molecule has 40 heavy (non-hydrogen) atoms. The minimum Gasteiger partial charge on any atom is -0.492 e. The molecular weight excluding hydrogens is 532 g/mol. The quantitative estimate of drug-likeness (QED) is 0.242. The Bertz CT molecular complexity index is 1370. The maximum absolute atomic E-state index is 11.1. The van der Waals surface area contributed by atoms with E-state index in [1.165, 1.54) is 0 Å². The van der Waals surface area contributed by atoms with Crippen molar-refractivity contribution in [3.63, 3.8) is 0 Å². The van der Waals surface area contributed by atoms with Crippen molar-refractivity contribution in [3.8, 4) is 28.4 Å². The van der Waals surface area contributed by atoms with Gasteiger partial charge in [0.2, 0.25) is 0 Å². The lowest BCUT2D eigenvalue weighted by molar-refractivity contribution is -0.137. The van der Waals surface area contributed by atoms with Crippen LogP contribution in [0.1, 0.15) is 47.4 Å². The molecule has 2 heterocycles. The zero-order valence-corrected chi connectivity index (χ0v) is 23.6. The van der Waals surface area contributed by atoms with Gasteiger partial charge in [-0.3, -0.25) is 13.9 Å². The summed E-state index contributed by atoms with van der Waals surface area (Å²) in [7, 11) is -2.57. The molecular formula is C31H36O8S. The molecule has 1 saturated heterocycles. The number of ether oxygens (including phenoxy) is 3. The number of hydrogen-bond donors (Lipinski definition) is 4. The topological polar surface area (TPSA) is 126 Å². The second-order valence-corrected chi connectivity index (χ2v) is 13.4. The zero-order valence-electron chi connectivity index (χ0n) is 22.8. The van der Waals surface area contributed by atoms with E-state index in [1.54, 1.807) is 0 Å². The maximum atomic E-state index is 11.1. The van der Waals surface area contributed by atoms with E-state index in [-0.39, 0.29) is 30.5 Å². The number of aryl methyl sites for hydroxylation is 2. The number of hydrogen-bond acceptors (Lipinski definition) is 7. The molecule has 0 spiro atoms. The molecule has 1 atom stereocenters. The van der Waals surface area contributed by atoms with Gasteiger partial charge in [0.05, 0.1) is 13.0 Å². The Morgan fingerprint density at radius 3 is 2.42 bits per heavy atom. The van der Waals surface area contributed by atoms with Crippen molar-refractivity contribution in [2.24, 2.45) is 0 Å². The summed E-state index contributed by atoms with van der Waals surface area (Å²) in [5, 5.41) is 19.9. The fourth-order valence-corrected chi connectivity index (χ4v) is 7.09. The molecule has 3 aromatic carbocycles. The monoisotopic (exact) mass is 568 g/mol. The second-order valence-electron chi connectivity index (χ2n) is 10.9. The molecule has 2 aliphatic rings. The highest BCUT2D eigenvalue weighted by Gasteiger charge is 2.36. The van der Waals surface area contributed by atoms with E-state index in [9.17, 15) is 19.0 Å². The highest BCUT2D eigenvalue weighted by molar-refractivity contribution is 8.24. The molecule has 9 heteroatoms. The Morgan fingerprint density at radius 2 is 1.73 bits per heavy atom. The molecule has 0 saturated carbocycles. The van der Waals surface area contributed by atoms with Crippen molar-refractivity contribution >= 4 is 16.6 Å². The summed E-state index contributed by atoms with van der Waals surface area (Å²) >= 11 is 0. The van der Waals surface area contributed by atoms with Crippen LogP contribution in [0, 0.1) is 13.8 Å². The summed E-state index contributed by atoms with van der Waals surface area (Å²) in [6.07, 6.45) is 0.665. The van der Waals surface area contributed by atoms with Gasteiger partial charge in [0.25, 0.3) is 0 Å². The van der Waals surface area contributed by atoms with Gasteiger partial charge in [-0.05, 0) is 78.8 Å². The van der Waals surface area contributed by atoms with Gasteiger partial charge in [-0.25, -0.2) is 0 Å². The van der Waals surface area contributed by atoms with Crippen molar-refractivity contribution in [1.29, 1.82) is 0 Å². The van der Waals surface area contributed by atoms with Crippen LogP contribution in [0.15, 0.2) is 54.6 Å². The third kappa shape index (κ3) is 6.55. The van der Waals surface area contributed by atoms with Gasteiger partial charge in [-0.1, -0.05) is 24.3 Å². The van der Waals surface area contributed by atoms with Crippen LogP contribution in [-0.4, -0.2) is 55.6 Å². The lowest BCUT2D eigenvalue weighted by Gasteiger charge is -2.43. The smallest absolute Gasteiger partial charge is 0.304 e. The number of carboxylic acids is 1. The highest BCUT2D eigenvalue weighted by atomic mass is 32.3. The molecule has 5 rings (SSSR count).